The molecule has 42 heavy (non-hydrogen) atoms. The SMILES string of the molecule is CSC1CC(COc2ccccc2)N(Cc2ccc(C(=O)NC(CCS(C)(=O)=O)C(=O)O)c(-c3ccccc3C)c2)C1. The average Bonchev–Trinajstić information content (AvgIpc) is 3.35. The fraction of sp³-hybridized carbons (Fsp3) is 0.375. The number of nitrogens with one attached hydrogen (secondary N) is 1. The van der Waals surface area contributed by atoms with E-state index >= 15 is 0 Å². The Morgan fingerprint density at radius 2 is 1.79 bits per heavy atom. The first-order chi connectivity index (χ1) is 20.0. The number of carbonyl (C=O) groups excluding carboxylic acids is 1. The zero-order valence-electron chi connectivity index (χ0n) is 24.2. The van der Waals surface area contributed by atoms with Gasteiger partial charge in [0.1, 0.15) is 28.2 Å². The normalized spacial score (nSPS) is 18.0. The number of carbonyl (C=O) groups is 2. The number of ether oxygens (including phenoxy) is 1. The topological polar surface area (TPSA) is 113 Å². The molecule has 3 aromatic rings. The van der Waals surface area contributed by atoms with Crippen molar-refractivity contribution in [1.29, 1.82) is 0 Å². The summed E-state index contributed by atoms with van der Waals surface area (Å²) in [6, 6.07) is 22.1. The Balaban J connectivity index is 1.59. The Hall–Kier alpha value is -3.34. The molecule has 1 fully saturated rings. The van der Waals surface area contributed by atoms with Crippen LogP contribution in [0.2, 0.25) is 0 Å². The van der Waals surface area contributed by atoms with Crippen LogP contribution in [0.4, 0.5) is 0 Å². The Morgan fingerprint density at radius 1 is 1.07 bits per heavy atom. The third-order valence-corrected chi connectivity index (χ3v) is 9.52. The van der Waals surface area contributed by atoms with Gasteiger partial charge in [0.2, 0.25) is 0 Å². The maximum absolute atomic E-state index is 13.4. The summed E-state index contributed by atoms with van der Waals surface area (Å²) in [5.41, 5.74) is 3.93. The van der Waals surface area contributed by atoms with Crippen LogP contribution in [-0.2, 0) is 21.2 Å². The van der Waals surface area contributed by atoms with Crippen molar-refractivity contribution in [2.45, 2.75) is 43.6 Å². The predicted molar refractivity (Wildman–Crippen MR) is 168 cm³/mol. The van der Waals surface area contributed by atoms with Gasteiger partial charge in [-0.3, -0.25) is 9.69 Å². The van der Waals surface area contributed by atoms with Crippen LogP contribution in [0.3, 0.4) is 0 Å². The van der Waals surface area contributed by atoms with Crippen molar-refractivity contribution in [3.8, 4) is 16.9 Å². The van der Waals surface area contributed by atoms with Crippen LogP contribution in [0, 0.1) is 6.92 Å². The standard InChI is InChI=1S/C32H38N2O6S2/c1-22-9-7-8-12-27(22)29-17-23(13-14-28(29)31(35)33-30(32(36)37)15-16-42(3,38)39)19-34-20-26(41-2)18-24(34)21-40-25-10-5-4-6-11-25/h4-14,17,24,26,30H,15-16,18-21H2,1-3H3,(H,33,35)(H,36,37). The molecule has 1 heterocycles. The summed E-state index contributed by atoms with van der Waals surface area (Å²) >= 11 is 1.86. The molecule has 4 rings (SSSR count). The summed E-state index contributed by atoms with van der Waals surface area (Å²) in [5.74, 6) is -1.32. The first-order valence-electron chi connectivity index (χ1n) is 13.9. The Morgan fingerprint density at radius 3 is 2.45 bits per heavy atom. The number of aliphatic carboxylic acids is 1. The van der Waals surface area contributed by atoms with E-state index in [9.17, 15) is 23.1 Å². The number of sulfone groups is 1. The van der Waals surface area contributed by atoms with Crippen molar-refractivity contribution >= 4 is 33.5 Å². The molecule has 0 aromatic heterocycles. The lowest BCUT2D eigenvalue weighted by atomic mass is 9.93. The van der Waals surface area contributed by atoms with E-state index < -0.39 is 27.8 Å². The van der Waals surface area contributed by atoms with Crippen LogP contribution >= 0.6 is 11.8 Å². The molecule has 0 aliphatic carbocycles. The van der Waals surface area contributed by atoms with Crippen molar-refractivity contribution in [3.05, 3.63) is 89.5 Å². The van der Waals surface area contributed by atoms with Crippen molar-refractivity contribution < 1.29 is 27.9 Å². The number of hydrogen-bond donors (Lipinski definition) is 2. The smallest absolute Gasteiger partial charge is 0.326 e. The van der Waals surface area contributed by atoms with Crippen LogP contribution < -0.4 is 10.1 Å². The van der Waals surface area contributed by atoms with Crippen LogP contribution in [0.15, 0.2) is 72.8 Å². The van der Waals surface area contributed by atoms with Gasteiger partial charge in [-0.1, -0.05) is 48.5 Å². The number of nitrogens with zero attached hydrogens (tertiary/aromatic N) is 1. The van der Waals surface area contributed by atoms with Crippen LogP contribution in [0.5, 0.6) is 5.75 Å². The van der Waals surface area contributed by atoms with E-state index in [1.807, 2.05) is 85.4 Å². The summed E-state index contributed by atoms with van der Waals surface area (Å²) in [6.07, 6.45) is 3.98. The van der Waals surface area contributed by atoms with E-state index in [-0.39, 0.29) is 18.2 Å². The molecule has 10 heteroatoms. The van der Waals surface area contributed by atoms with Gasteiger partial charge in [-0.05, 0) is 72.5 Å². The van der Waals surface area contributed by atoms with Gasteiger partial charge in [-0.15, -0.1) is 0 Å². The average molecular weight is 611 g/mol. The molecule has 1 aliphatic heterocycles. The van der Waals surface area contributed by atoms with Gasteiger partial charge < -0.3 is 15.2 Å². The molecule has 1 amide bonds. The van der Waals surface area contributed by atoms with Crippen LogP contribution in [-0.4, -0.2) is 79.1 Å². The van der Waals surface area contributed by atoms with Gasteiger partial charge in [-0.2, -0.15) is 11.8 Å². The largest absolute Gasteiger partial charge is 0.492 e. The molecule has 3 unspecified atom stereocenters. The number of amides is 1. The number of aryl methyl sites for hydroxylation is 1. The van der Waals surface area contributed by atoms with Crippen molar-refractivity contribution in [3.63, 3.8) is 0 Å². The highest BCUT2D eigenvalue weighted by Gasteiger charge is 2.32. The number of carboxylic acid groups (broad SMARTS) is 1. The second kappa shape index (κ2) is 14.2. The summed E-state index contributed by atoms with van der Waals surface area (Å²) in [7, 11) is -3.39. The third kappa shape index (κ3) is 8.59. The maximum Gasteiger partial charge on any atom is 0.326 e. The molecule has 0 saturated carbocycles. The molecule has 0 bridgehead atoms. The van der Waals surface area contributed by atoms with E-state index in [0.717, 1.165) is 41.7 Å². The van der Waals surface area contributed by atoms with Crippen LogP contribution in [0.1, 0.15) is 34.3 Å². The Bertz CT molecular complexity index is 1500. The first kappa shape index (κ1) is 31.6. The summed E-state index contributed by atoms with van der Waals surface area (Å²) in [4.78, 5) is 27.7. The van der Waals surface area contributed by atoms with Gasteiger partial charge in [0.05, 0.1) is 5.75 Å². The zero-order valence-corrected chi connectivity index (χ0v) is 25.8. The molecule has 224 valence electrons. The van der Waals surface area contributed by atoms with Gasteiger partial charge in [-0.25, -0.2) is 13.2 Å². The fourth-order valence-electron chi connectivity index (χ4n) is 5.23. The second-order valence-electron chi connectivity index (χ2n) is 10.8. The van der Waals surface area contributed by atoms with Gasteiger partial charge in [0, 0.05) is 36.2 Å². The predicted octanol–water partition coefficient (Wildman–Crippen LogP) is 4.66. The van der Waals surface area contributed by atoms with Crippen LogP contribution in [0.25, 0.3) is 11.1 Å². The minimum absolute atomic E-state index is 0.213. The molecule has 3 aromatic carbocycles. The minimum atomic E-state index is -3.39. The van der Waals surface area contributed by atoms with Gasteiger partial charge in [0.25, 0.3) is 5.91 Å². The number of carboxylic acids is 1. The molecule has 2 N–H and O–H groups in total. The van der Waals surface area contributed by atoms with Crippen molar-refractivity contribution in [2.75, 3.05) is 31.4 Å². The van der Waals surface area contributed by atoms with Gasteiger partial charge >= 0.3 is 5.97 Å². The number of likely N-dealkylation sites (tertiary alicyclic amines) is 1. The molecule has 0 radical (unpaired) electrons. The summed E-state index contributed by atoms with van der Waals surface area (Å²) in [6.45, 7) is 4.14. The number of hydrogen-bond acceptors (Lipinski definition) is 7. The molecule has 3 atom stereocenters. The number of rotatable bonds is 13. The molecular formula is C32H38N2O6S2. The Kier molecular flexibility index (Phi) is 10.7. The quantitative estimate of drug-likeness (QED) is 0.287. The minimum Gasteiger partial charge on any atom is -0.492 e. The third-order valence-electron chi connectivity index (χ3n) is 7.54. The van der Waals surface area contributed by atoms with E-state index in [4.69, 9.17) is 4.74 Å². The molecular weight excluding hydrogens is 572 g/mol. The lowest BCUT2D eigenvalue weighted by Crippen LogP contribution is -2.42. The maximum atomic E-state index is 13.4. The highest BCUT2D eigenvalue weighted by Crippen LogP contribution is 2.32. The number of para-hydroxylation sites is 1. The molecule has 0 spiro atoms. The Labute approximate surface area is 252 Å². The molecule has 1 saturated heterocycles. The second-order valence-corrected chi connectivity index (χ2v) is 14.2. The monoisotopic (exact) mass is 610 g/mol. The number of thioether (sulfide) groups is 1. The van der Waals surface area contributed by atoms with E-state index in [0.29, 0.717) is 29.5 Å². The van der Waals surface area contributed by atoms with E-state index in [1.54, 1.807) is 6.07 Å². The highest BCUT2D eigenvalue weighted by molar-refractivity contribution is 7.99. The van der Waals surface area contributed by atoms with Gasteiger partial charge in [0.15, 0.2) is 0 Å². The van der Waals surface area contributed by atoms with E-state index in [2.05, 4.69) is 16.5 Å². The zero-order chi connectivity index (χ0) is 30.3. The molecule has 1 aliphatic rings. The lowest BCUT2D eigenvalue weighted by molar-refractivity contribution is -0.139. The summed E-state index contributed by atoms with van der Waals surface area (Å²) < 4.78 is 29.4. The fourth-order valence-corrected chi connectivity index (χ4v) is 6.65. The first-order valence-corrected chi connectivity index (χ1v) is 17.2. The lowest BCUT2D eigenvalue weighted by Gasteiger charge is -2.25. The molecule has 8 nitrogen and oxygen atoms in total. The summed E-state index contributed by atoms with van der Waals surface area (Å²) in [5, 5.41) is 12.7. The number of benzene rings is 3. The van der Waals surface area contributed by atoms with E-state index in [1.165, 1.54) is 0 Å². The highest BCUT2D eigenvalue weighted by atomic mass is 32.2. The van der Waals surface area contributed by atoms with Crippen molar-refractivity contribution in [1.82, 2.24) is 10.2 Å². The van der Waals surface area contributed by atoms with Crippen molar-refractivity contribution in [2.24, 2.45) is 0 Å².